The Morgan fingerprint density at radius 1 is 0.270 bits per heavy atom. The predicted octanol–water partition coefficient (Wildman–Crippen LogP) is 14.7. The first-order valence-corrected chi connectivity index (χ1v) is 21.4. The number of aromatic nitrogens is 3. The first kappa shape index (κ1) is 34.3. The normalized spacial score (nSPS) is 13.2. The molecule has 14 rings (SSSR count). The standard InChI is InChI=1S/C58H33N3O2/c1-2-17-35-34(16-1)36-18-3-8-26-44(36)58(45-27-9-4-19-37(35)45)46-28-10-5-20-38(46)52-41(23-13-29-47(52)58)55-59-56(42-24-14-32-50-53(42)39-21-6-11-30-48(39)62-50)61-57(60-55)43-25-15-33-51-54(43)40-22-7-12-31-49(40)63-51/h1-33H. The average Bonchev–Trinajstić information content (AvgIpc) is 4.00. The number of hydrogen-bond donors (Lipinski definition) is 0. The van der Waals surface area contributed by atoms with Gasteiger partial charge in [-0.2, -0.15) is 0 Å². The van der Waals surface area contributed by atoms with Crippen LogP contribution < -0.4 is 0 Å². The van der Waals surface area contributed by atoms with E-state index in [1.165, 1.54) is 44.5 Å². The molecule has 292 valence electrons. The first-order valence-electron chi connectivity index (χ1n) is 21.4. The second kappa shape index (κ2) is 12.8. The van der Waals surface area contributed by atoms with E-state index in [2.05, 4.69) is 140 Å². The van der Waals surface area contributed by atoms with Gasteiger partial charge in [0, 0.05) is 38.2 Å². The van der Waals surface area contributed by atoms with E-state index in [1.54, 1.807) is 0 Å². The Hall–Kier alpha value is -8.41. The van der Waals surface area contributed by atoms with Crippen molar-refractivity contribution in [1.82, 2.24) is 15.0 Å². The smallest absolute Gasteiger partial charge is 0.164 e. The van der Waals surface area contributed by atoms with Crippen LogP contribution in [0.3, 0.4) is 0 Å². The lowest BCUT2D eigenvalue weighted by atomic mass is 9.66. The van der Waals surface area contributed by atoms with Gasteiger partial charge < -0.3 is 8.83 Å². The third kappa shape index (κ3) is 4.63. The molecule has 2 aliphatic carbocycles. The Morgan fingerprint density at radius 3 is 1.16 bits per heavy atom. The van der Waals surface area contributed by atoms with Crippen LogP contribution in [0.15, 0.2) is 209 Å². The molecule has 1 spiro atoms. The van der Waals surface area contributed by atoms with E-state index in [9.17, 15) is 0 Å². The molecule has 0 amide bonds. The molecule has 0 aliphatic heterocycles. The van der Waals surface area contributed by atoms with Crippen molar-refractivity contribution in [3.8, 4) is 67.5 Å². The molecule has 3 aromatic heterocycles. The average molecular weight is 804 g/mol. The molecule has 5 heteroatoms. The van der Waals surface area contributed by atoms with Crippen molar-refractivity contribution in [2.45, 2.75) is 5.41 Å². The Bertz CT molecular complexity index is 3690. The zero-order valence-electron chi connectivity index (χ0n) is 33.7. The van der Waals surface area contributed by atoms with E-state index in [4.69, 9.17) is 23.8 Å². The molecule has 63 heavy (non-hydrogen) atoms. The summed E-state index contributed by atoms with van der Waals surface area (Å²) in [5.41, 5.74) is 17.4. The summed E-state index contributed by atoms with van der Waals surface area (Å²) >= 11 is 0. The van der Waals surface area contributed by atoms with Crippen LogP contribution in [0.2, 0.25) is 0 Å². The van der Waals surface area contributed by atoms with Gasteiger partial charge in [0.05, 0.1) is 5.41 Å². The maximum absolute atomic E-state index is 6.41. The molecular formula is C58H33N3O2. The topological polar surface area (TPSA) is 65.0 Å². The molecule has 0 bridgehead atoms. The summed E-state index contributed by atoms with van der Waals surface area (Å²) in [6.45, 7) is 0. The minimum absolute atomic E-state index is 0.566. The van der Waals surface area contributed by atoms with Gasteiger partial charge in [-0.05, 0) is 79.9 Å². The summed E-state index contributed by atoms with van der Waals surface area (Å²) in [5.74, 6) is 1.72. The highest BCUT2D eigenvalue weighted by Crippen LogP contribution is 2.62. The van der Waals surface area contributed by atoms with Crippen LogP contribution >= 0.6 is 0 Å². The van der Waals surface area contributed by atoms with E-state index < -0.39 is 5.41 Å². The maximum Gasteiger partial charge on any atom is 0.164 e. The molecule has 0 saturated heterocycles. The van der Waals surface area contributed by atoms with Crippen molar-refractivity contribution in [1.29, 1.82) is 0 Å². The van der Waals surface area contributed by atoms with Crippen LogP contribution in [0.1, 0.15) is 22.3 Å². The van der Waals surface area contributed by atoms with Gasteiger partial charge in [0.25, 0.3) is 0 Å². The highest BCUT2D eigenvalue weighted by molar-refractivity contribution is 6.13. The van der Waals surface area contributed by atoms with E-state index in [1.807, 2.05) is 60.7 Å². The zero-order chi connectivity index (χ0) is 41.2. The molecule has 0 unspecified atom stereocenters. The van der Waals surface area contributed by atoms with Crippen molar-refractivity contribution in [3.05, 3.63) is 222 Å². The third-order valence-corrected chi connectivity index (χ3v) is 13.4. The Labute approximate surface area is 361 Å². The second-order valence-corrected chi connectivity index (χ2v) is 16.5. The molecule has 9 aromatic carbocycles. The van der Waals surface area contributed by atoms with Crippen LogP contribution in [0.25, 0.3) is 111 Å². The number of fused-ring (bicyclic) bond motifs is 18. The molecule has 3 heterocycles. The van der Waals surface area contributed by atoms with Crippen molar-refractivity contribution < 1.29 is 8.83 Å². The van der Waals surface area contributed by atoms with Gasteiger partial charge in [0.2, 0.25) is 0 Å². The van der Waals surface area contributed by atoms with Gasteiger partial charge in [0.15, 0.2) is 17.5 Å². The Morgan fingerprint density at radius 2 is 0.619 bits per heavy atom. The van der Waals surface area contributed by atoms with Crippen LogP contribution in [0.4, 0.5) is 0 Å². The Balaban J connectivity index is 1.10. The van der Waals surface area contributed by atoms with E-state index in [0.29, 0.717) is 17.5 Å². The zero-order valence-corrected chi connectivity index (χ0v) is 33.7. The van der Waals surface area contributed by atoms with Crippen molar-refractivity contribution in [3.63, 3.8) is 0 Å². The Kier molecular flexibility index (Phi) is 6.97. The van der Waals surface area contributed by atoms with Crippen LogP contribution in [-0.4, -0.2) is 15.0 Å². The summed E-state index contributed by atoms with van der Waals surface area (Å²) < 4.78 is 12.8. The van der Waals surface area contributed by atoms with Gasteiger partial charge >= 0.3 is 0 Å². The van der Waals surface area contributed by atoms with Crippen molar-refractivity contribution in [2.75, 3.05) is 0 Å². The number of benzene rings is 9. The first-order chi connectivity index (χ1) is 31.3. The van der Waals surface area contributed by atoms with Gasteiger partial charge in [-0.3, -0.25) is 0 Å². The lowest BCUT2D eigenvalue weighted by Crippen LogP contribution is -2.29. The number of para-hydroxylation sites is 2. The summed E-state index contributed by atoms with van der Waals surface area (Å²) in [6.07, 6.45) is 0. The van der Waals surface area contributed by atoms with Gasteiger partial charge in [-0.25, -0.2) is 15.0 Å². The van der Waals surface area contributed by atoms with E-state index in [0.717, 1.165) is 71.7 Å². The third-order valence-electron chi connectivity index (χ3n) is 13.4. The molecule has 0 atom stereocenters. The molecular weight excluding hydrogens is 771 g/mol. The molecule has 0 radical (unpaired) electrons. The summed E-state index contributed by atoms with van der Waals surface area (Å²) in [4.78, 5) is 16.4. The quantitative estimate of drug-likeness (QED) is 0.178. The number of hydrogen-bond acceptors (Lipinski definition) is 5. The molecule has 0 saturated carbocycles. The maximum atomic E-state index is 6.41. The van der Waals surface area contributed by atoms with E-state index in [-0.39, 0.29) is 0 Å². The fourth-order valence-electron chi connectivity index (χ4n) is 10.9. The lowest BCUT2D eigenvalue weighted by molar-refractivity contribution is 0.668. The predicted molar refractivity (Wildman–Crippen MR) is 252 cm³/mol. The highest BCUT2D eigenvalue weighted by atomic mass is 16.3. The fourth-order valence-corrected chi connectivity index (χ4v) is 10.9. The minimum atomic E-state index is -0.643. The van der Waals surface area contributed by atoms with Crippen LogP contribution in [-0.2, 0) is 5.41 Å². The molecule has 5 nitrogen and oxygen atoms in total. The summed E-state index contributed by atoms with van der Waals surface area (Å²) in [6, 6.07) is 71.0. The largest absolute Gasteiger partial charge is 0.456 e. The number of nitrogens with zero attached hydrogens (tertiary/aromatic N) is 3. The molecule has 2 aliphatic rings. The minimum Gasteiger partial charge on any atom is -0.456 e. The molecule has 0 N–H and O–H groups in total. The molecule has 0 fully saturated rings. The van der Waals surface area contributed by atoms with Gasteiger partial charge in [0.1, 0.15) is 22.3 Å². The van der Waals surface area contributed by atoms with Crippen LogP contribution in [0.5, 0.6) is 0 Å². The molecule has 12 aromatic rings. The second-order valence-electron chi connectivity index (χ2n) is 16.5. The lowest BCUT2D eigenvalue weighted by Gasteiger charge is -2.35. The van der Waals surface area contributed by atoms with Crippen LogP contribution in [0, 0.1) is 0 Å². The van der Waals surface area contributed by atoms with Crippen molar-refractivity contribution >= 4 is 43.9 Å². The SMILES string of the molecule is c1ccc2c(c1)-c1ccccc1C1(c3ccccc3-2)c2ccccc2-c2c(-c3nc(-c4cccc5oc6ccccc6c45)nc(-c4cccc5oc6ccccc6c45)n3)cccc21. The fraction of sp³-hybridized carbons (Fsp3) is 0.0172. The monoisotopic (exact) mass is 803 g/mol. The van der Waals surface area contributed by atoms with Crippen molar-refractivity contribution in [2.24, 2.45) is 0 Å². The number of rotatable bonds is 3. The summed E-state index contributed by atoms with van der Waals surface area (Å²) in [7, 11) is 0. The highest BCUT2D eigenvalue weighted by Gasteiger charge is 2.50. The van der Waals surface area contributed by atoms with Gasteiger partial charge in [-0.15, -0.1) is 0 Å². The number of furan rings is 2. The van der Waals surface area contributed by atoms with E-state index >= 15 is 0 Å². The summed E-state index contributed by atoms with van der Waals surface area (Å²) in [5, 5.41) is 3.96. The van der Waals surface area contributed by atoms with Gasteiger partial charge in [-0.1, -0.05) is 176 Å².